The van der Waals surface area contributed by atoms with Gasteiger partial charge >= 0.3 is 6.03 Å². The Bertz CT molecular complexity index is 435. The molecular weight excluding hydrogens is 242 g/mol. The van der Waals surface area contributed by atoms with Crippen molar-refractivity contribution in [2.75, 3.05) is 11.9 Å². The van der Waals surface area contributed by atoms with E-state index < -0.39 is 5.91 Å². The van der Waals surface area contributed by atoms with Crippen LogP contribution in [0.15, 0.2) is 18.2 Å². The minimum Gasteiger partial charge on any atom is -0.366 e. The van der Waals surface area contributed by atoms with Gasteiger partial charge in [-0.15, -0.1) is 0 Å². The molecule has 1 rings (SSSR count). The Morgan fingerprint density at radius 1 is 1.41 bits per heavy atom. The highest BCUT2D eigenvalue weighted by atomic mass is 35.5. The highest BCUT2D eigenvalue weighted by Gasteiger charge is 2.08. The van der Waals surface area contributed by atoms with Crippen molar-refractivity contribution >= 4 is 29.2 Å². The second-order valence-corrected chi connectivity index (χ2v) is 3.85. The molecule has 0 saturated heterocycles. The van der Waals surface area contributed by atoms with E-state index in [9.17, 15) is 9.59 Å². The maximum atomic E-state index is 11.4. The first-order chi connectivity index (χ1) is 8.04. The number of benzene rings is 1. The predicted octanol–water partition coefficient (Wildman–Crippen LogP) is 1.97. The number of hydrogen-bond acceptors (Lipinski definition) is 2. The van der Waals surface area contributed by atoms with Crippen LogP contribution >= 0.6 is 11.6 Å². The minimum absolute atomic E-state index is 0.181. The molecule has 0 aromatic heterocycles. The summed E-state index contributed by atoms with van der Waals surface area (Å²) in [6, 6.07) is 4.22. The van der Waals surface area contributed by atoms with Crippen molar-refractivity contribution in [2.45, 2.75) is 13.3 Å². The van der Waals surface area contributed by atoms with Crippen molar-refractivity contribution in [3.63, 3.8) is 0 Å². The number of rotatable bonds is 4. The molecule has 0 unspecified atom stereocenters. The molecule has 0 spiro atoms. The summed E-state index contributed by atoms with van der Waals surface area (Å²) in [5.74, 6) is -0.632. The van der Waals surface area contributed by atoms with E-state index in [1.807, 2.05) is 6.92 Å². The van der Waals surface area contributed by atoms with Crippen LogP contribution in [0.25, 0.3) is 0 Å². The van der Waals surface area contributed by atoms with E-state index in [2.05, 4.69) is 10.6 Å². The normalized spacial score (nSPS) is 9.76. The van der Waals surface area contributed by atoms with E-state index in [0.717, 1.165) is 6.42 Å². The number of nitrogens with two attached hydrogens (primary N) is 1. The lowest BCUT2D eigenvalue weighted by atomic mass is 10.2. The van der Waals surface area contributed by atoms with Gasteiger partial charge in [0.15, 0.2) is 0 Å². The third kappa shape index (κ3) is 3.96. The Morgan fingerprint density at radius 3 is 2.71 bits per heavy atom. The van der Waals surface area contributed by atoms with Gasteiger partial charge < -0.3 is 16.4 Å². The van der Waals surface area contributed by atoms with Crippen molar-refractivity contribution in [3.05, 3.63) is 28.8 Å². The Labute approximate surface area is 104 Å². The molecule has 1 aromatic rings. The number of hydrogen-bond donors (Lipinski definition) is 3. The van der Waals surface area contributed by atoms with Crippen LogP contribution < -0.4 is 16.4 Å². The molecular formula is C11H14ClN3O2. The number of urea groups is 1. The summed E-state index contributed by atoms with van der Waals surface area (Å²) in [6.07, 6.45) is 0.848. The van der Waals surface area contributed by atoms with Crippen LogP contribution in [0, 0.1) is 0 Å². The molecule has 0 radical (unpaired) electrons. The van der Waals surface area contributed by atoms with E-state index in [1.165, 1.54) is 12.1 Å². The summed E-state index contributed by atoms with van der Waals surface area (Å²) in [4.78, 5) is 22.4. The van der Waals surface area contributed by atoms with Crippen LogP contribution in [0.2, 0.25) is 5.02 Å². The van der Waals surface area contributed by atoms with Crippen molar-refractivity contribution in [2.24, 2.45) is 5.73 Å². The lowest BCUT2D eigenvalue weighted by Gasteiger charge is -2.08. The third-order valence-electron chi connectivity index (χ3n) is 2.03. The molecule has 0 aliphatic heterocycles. The SMILES string of the molecule is CCCNC(=O)Nc1ccc(Cl)c(C(N)=O)c1. The topological polar surface area (TPSA) is 84.2 Å². The minimum atomic E-state index is -0.632. The first-order valence-electron chi connectivity index (χ1n) is 5.18. The van der Waals surface area contributed by atoms with Gasteiger partial charge in [0.05, 0.1) is 10.6 Å². The number of carbonyl (C=O) groups excluding carboxylic acids is 2. The summed E-state index contributed by atoms with van der Waals surface area (Å²) < 4.78 is 0. The zero-order valence-electron chi connectivity index (χ0n) is 9.42. The highest BCUT2D eigenvalue weighted by Crippen LogP contribution is 2.19. The van der Waals surface area contributed by atoms with Crippen molar-refractivity contribution < 1.29 is 9.59 Å². The van der Waals surface area contributed by atoms with Gasteiger partial charge in [0.1, 0.15) is 0 Å². The van der Waals surface area contributed by atoms with E-state index in [4.69, 9.17) is 17.3 Å². The molecule has 0 bridgehead atoms. The van der Waals surface area contributed by atoms with Crippen LogP contribution in [0.3, 0.4) is 0 Å². The fraction of sp³-hybridized carbons (Fsp3) is 0.273. The van der Waals surface area contributed by atoms with Crippen LogP contribution in [0.1, 0.15) is 23.7 Å². The third-order valence-corrected chi connectivity index (χ3v) is 2.35. The summed E-state index contributed by atoms with van der Waals surface area (Å²) >= 11 is 5.78. The van der Waals surface area contributed by atoms with Crippen LogP contribution in [-0.2, 0) is 0 Å². The average molecular weight is 256 g/mol. The van der Waals surface area contributed by atoms with Gasteiger partial charge in [-0.05, 0) is 24.6 Å². The molecule has 3 amide bonds. The molecule has 6 heteroatoms. The maximum Gasteiger partial charge on any atom is 0.319 e. The van der Waals surface area contributed by atoms with Crippen molar-refractivity contribution in [3.8, 4) is 0 Å². The molecule has 0 atom stereocenters. The average Bonchev–Trinajstić information content (AvgIpc) is 2.28. The number of nitrogens with one attached hydrogen (secondary N) is 2. The van der Waals surface area contributed by atoms with Crippen LogP contribution in [0.4, 0.5) is 10.5 Å². The van der Waals surface area contributed by atoms with E-state index in [1.54, 1.807) is 6.07 Å². The highest BCUT2D eigenvalue weighted by molar-refractivity contribution is 6.33. The van der Waals surface area contributed by atoms with Gasteiger partial charge in [0.25, 0.3) is 0 Å². The number of halogens is 1. The Morgan fingerprint density at radius 2 is 2.12 bits per heavy atom. The molecule has 0 fully saturated rings. The molecule has 5 nitrogen and oxygen atoms in total. The summed E-state index contributed by atoms with van der Waals surface area (Å²) in [5, 5.41) is 5.49. The first kappa shape index (κ1) is 13.3. The number of primary amides is 1. The van der Waals surface area contributed by atoms with Gasteiger partial charge in [0, 0.05) is 12.2 Å². The summed E-state index contributed by atoms with van der Waals surface area (Å²) in [7, 11) is 0. The second kappa shape index (κ2) is 6.10. The summed E-state index contributed by atoms with van der Waals surface area (Å²) in [5.41, 5.74) is 5.79. The quantitative estimate of drug-likeness (QED) is 0.768. The molecule has 0 heterocycles. The molecule has 92 valence electrons. The fourth-order valence-corrected chi connectivity index (χ4v) is 1.42. The van der Waals surface area contributed by atoms with E-state index in [-0.39, 0.29) is 16.6 Å². The number of amides is 3. The van der Waals surface area contributed by atoms with E-state index in [0.29, 0.717) is 12.2 Å². The van der Waals surface area contributed by atoms with Crippen LogP contribution in [0.5, 0.6) is 0 Å². The molecule has 0 aliphatic carbocycles. The van der Waals surface area contributed by atoms with Gasteiger partial charge in [-0.1, -0.05) is 18.5 Å². The smallest absolute Gasteiger partial charge is 0.319 e. The monoisotopic (exact) mass is 255 g/mol. The van der Waals surface area contributed by atoms with Gasteiger partial charge in [-0.3, -0.25) is 4.79 Å². The number of anilines is 1. The molecule has 1 aromatic carbocycles. The first-order valence-corrected chi connectivity index (χ1v) is 5.56. The lowest BCUT2D eigenvalue weighted by molar-refractivity contribution is 0.100. The molecule has 0 saturated carbocycles. The van der Waals surface area contributed by atoms with Crippen molar-refractivity contribution in [1.82, 2.24) is 5.32 Å². The standard InChI is InChI=1S/C11H14ClN3O2/c1-2-5-14-11(17)15-7-3-4-9(12)8(6-7)10(13)16/h3-4,6H,2,5H2,1H3,(H2,13,16)(H2,14,15,17). The van der Waals surface area contributed by atoms with Gasteiger partial charge in [-0.25, -0.2) is 4.79 Å². The maximum absolute atomic E-state index is 11.4. The Hall–Kier alpha value is -1.75. The molecule has 4 N–H and O–H groups in total. The zero-order valence-corrected chi connectivity index (χ0v) is 10.2. The predicted molar refractivity (Wildman–Crippen MR) is 67.3 cm³/mol. The van der Waals surface area contributed by atoms with Crippen molar-refractivity contribution in [1.29, 1.82) is 0 Å². The van der Waals surface area contributed by atoms with Gasteiger partial charge in [0.2, 0.25) is 5.91 Å². The summed E-state index contributed by atoms with van der Waals surface area (Å²) in [6.45, 7) is 2.54. The second-order valence-electron chi connectivity index (χ2n) is 3.44. The molecule has 0 aliphatic rings. The number of carbonyl (C=O) groups is 2. The molecule has 17 heavy (non-hydrogen) atoms. The lowest BCUT2D eigenvalue weighted by Crippen LogP contribution is -2.29. The zero-order chi connectivity index (χ0) is 12.8. The van der Waals surface area contributed by atoms with E-state index >= 15 is 0 Å². The fourth-order valence-electron chi connectivity index (χ4n) is 1.21. The Kier molecular flexibility index (Phi) is 4.78. The van der Waals surface area contributed by atoms with Crippen LogP contribution in [-0.4, -0.2) is 18.5 Å². The van der Waals surface area contributed by atoms with Gasteiger partial charge in [-0.2, -0.15) is 0 Å². The Balaban J connectivity index is 2.75. The largest absolute Gasteiger partial charge is 0.366 e.